The molecule has 0 aromatic carbocycles. The highest BCUT2D eigenvalue weighted by Gasteiger charge is 2.28. The van der Waals surface area contributed by atoms with Crippen LogP contribution >= 0.6 is 0 Å². The average molecular weight is 898 g/mol. The zero-order valence-electron chi connectivity index (χ0n) is 41.1. The Morgan fingerprint density at radius 1 is 0.413 bits per heavy atom. The molecule has 0 saturated carbocycles. The summed E-state index contributed by atoms with van der Waals surface area (Å²) in [4.78, 5) is 44.1. The number of rotatable bonds is 45. The maximum Gasteiger partial charge on any atom is 0.336 e. The molecule has 0 bridgehead atoms. The largest absolute Gasteiger partial charge is 0.464 e. The smallest absolute Gasteiger partial charge is 0.336 e. The van der Waals surface area contributed by atoms with Gasteiger partial charge in [0.15, 0.2) is 18.3 Å². The van der Waals surface area contributed by atoms with Gasteiger partial charge < -0.3 is 29.5 Å². The van der Waals surface area contributed by atoms with E-state index in [9.17, 15) is 29.7 Å². The van der Waals surface area contributed by atoms with Crippen molar-refractivity contribution in [1.82, 2.24) is 14.7 Å². The van der Waals surface area contributed by atoms with Gasteiger partial charge in [0.2, 0.25) is 0 Å². The minimum Gasteiger partial charge on any atom is -0.464 e. The zero-order valence-corrected chi connectivity index (χ0v) is 41.1. The fraction of sp³-hybridized carbons (Fsp3) is 0.941. The quantitative estimate of drug-likeness (QED) is 0.0304. The van der Waals surface area contributed by atoms with Crippen LogP contribution in [0.4, 0.5) is 0 Å². The molecule has 12 nitrogen and oxygen atoms in total. The zero-order chi connectivity index (χ0) is 46.0. The summed E-state index contributed by atoms with van der Waals surface area (Å²) in [6.07, 6.45) is 31.5. The highest BCUT2D eigenvalue weighted by Crippen LogP contribution is 2.14. The molecular formula is C51H99N3O9. The van der Waals surface area contributed by atoms with E-state index in [1.54, 1.807) is 4.90 Å². The molecule has 1 aliphatic heterocycles. The highest BCUT2D eigenvalue weighted by atomic mass is 16.6. The van der Waals surface area contributed by atoms with Crippen molar-refractivity contribution in [3.8, 4) is 0 Å². The Morgan fingerprint density at radius 2 is 0.683 bits per heavy atom. The van der Waals surface area contributed by atoms with E-state index in [2.05, 4.69) is 30.6 Å². The van der Waals surface area contributed by atoms with Gasteiger partial charge in [0.25, 0.3) is 0 Å². The van der Waals surface area contributed by atoms with Crippen LogP contribution in [-0.4, -0.2) is 145 Å². The van der Waals surface area contributed by atoms with Crippen molar-refractivity contribution in [3.63, 3.8) is 0 Å². The molecule has 0 aliphatic carbocycles. The maximum absolute atomic E-state index is 12.8. The SMILES string of the molecule is CCCCCCCCCCCCOC(=O)C(O)CN1CCN(CCN(CC(O)C(=O)OCCCCCCCCCCCC)CC(O)C(=O)OCCCCCCCCCCCC)CC1. The third-order valence-corrected chi connectivity index (χ3v) is 12.5. The van der Waals surface area contributed by atoms with Crippen molar-refractivity contribution >= 4 is 17.9 Å². The Hall–Kier alpha value is -1.83. The molecule has 1 fully saturated rings. The molecule has 1 heterocycles. The number of ether oxygens (including phenoxy) is 3. The number of carbonyl (C=O) groups excluding carboxylic acids is 3. The van der Waals surface area contributed by atoms with Crippen molar-refractivity contribution < 1.29 is 43.9 Å². The number of β-amino-alcohol motifs (C(OH)–C–C–N with tert-alkyl or cyclic N) is 1. The molecule has 12 heteroatoms. The molecule has 63 heavy (non-hydrogen) atoms. The second-order valence-corrected chi connectivity index (χ2v) is 18.5. The van der Waals surface area contributed by atoms with Crippen molar-refractivity contribution in [1.29, 1.82) is 0 Å². The lowest BCUT2D eigenvalue weighted by atomic mass is 10.1. The van der Waals surface area contributed by atoms with E-state index in [4.69, 9.17) is 14.2 Å². The van der Waals surface area contributed by atoms with E-state index in [-0.39, 0.29) is 32.8 Å². The van der Waals surface area contributed by atoms with Crippen molar-refractivity contribution in [2.24, 2.45) is 0 Å². The van der Waals surface area contributed by atoms with E-state index in [1.807, 2.05) is 0 Å². The number of nitrogens with zero attached hydrogens (tertiary/aromatic N) is 3. The fourth-order valence-corrected chi connectivity index (χ4v) is 8.27. The number of piperazine rings is 1. The molecule has 372 valence electrons. The summed E-state index contributed by atoms with van der Waals surface area (Å²) in [5.41, 5.74) is 0. The molecule has 3 atom stereocenters. The van der Waals surface area contributed by atoms with Crippen LogP contribution in [0.2, 0.25) is 0 Å². The van der Waals surface area contributed by atoms with E-state index >= 15 is 0 Å². The van der Waals surface area contributed by atoms with E-state index in [1.165, 1.54) is 135 Å². The van der Waals surface area contributed by atoms with Gasteiger partial charge in [-0.2, -0.15) is 0 Å². The summed E-state index contributed by atoms with van der Waals surface area (Å²) in [6, 6.07) is 0. The van der Waals surface area contributed by atoms with Crippen LogP contribution in [0.5, 0.6) is 0 Å². The van der Waals surface area contributed by atoms with Gasteiger partial charge in [-0.1, -0.05) is 194 Å². The third-order valence-electron chi connectivity index (χ3n) is 12.5. The summed E-state index contributed by atoms with van der Waals surface area (Å²) >= 11 is 0. The Balaban J connectivity index is 2.48. The monoisotopic (exact) mass is 898 g/mol. The van der Waals surface area contributed by atoms with Gasteiger partial charge in [-0.25, -0.2) is 14.4 Å². The molecule has 0 spiro atoms. The first-order chi connectivity index (χ1) is 30.7. The van der Waals surface area contributed by atoms with Crippen LogP contribution in [0.25, 0.3) is 0 Å². The maximum atomic E-state index is 12.8. The molecule has 3 unspecified atom stereocenters. The molecular weight excluding hydrogens is 799 g/mol. The van der Waals surface area contributed by atoms with Crippen LogP contribution < -0.4 is 0 Å². The average Bonchev–Trinajstić information content (AvgIpc) is 3.28. The Morgan fingerprint density at radius 3 is 1.00 bits per heavy atom. The second-order valence-electron chi connectivity index (χ2n) is 18.5. The molecule has 3 N–H and O–H groups in total. The van der Waals surface area contributed by atoms with Gasteiger partial charge in [0, 0.05) is 58.9 Å². The lowest BCUT2D eigenvalue weighted by Gasteiger charge is -2.36. The Labute approximate surface area is 385 Å². The van der Waals surface area contributed by atoms with Gasteiger partial charge in [-0.15, -0.1) is 0 Å². The minimum atomic E-state index is -1.41. The van der Waals surface area contributed by atoms with Crippen molar-refractivity contribution in [3.05, 3.63) is 0 Å². The van der Waals surface area contributed by atoms with E-state index < -0.39 is 36.2 Å². The number of esters is 3. The Kier molecular flexibility index (Phi) is 40.2. The van der Waals surface area contributed by atoms with Gasteiger partial charge in [0.1, 0.15) is 0 Å². The van der Waals surface area contributed by atoms with Gasteiger partial charge >= 0.3 is 17.9 Å². The highest BCUT2D eigenvalue weighted by molar-refractivity contribution is 5.75. The van der Waals surface area contributed by atoms with Gasteiger partial charge in [-0.3, -0.25) is 14.7 Å². The first-order valence-corrected chi connectivity index (χ1v) is 26.4. The topological polar surface area (TPSA) is 149 Å². The van der Waals surface area contributed by atoms with Crippen LogP contribution in [0.15, 0.2) is 0 Å². The molecule has 1 saturated heterocycles. The molecule has 0 aromatic heterocycles. The van der Waals surface area contributed by atoms with Crippen LogP contribution in [0.3, 0.4) is 0 Å². The number of aliphatic hydroxyl groups is 3. The predicted octanol–water partition coefficient (Wildman–Crippen LogP) is 9.38. The second kappa shape index (κ2) is 42.8. The standard InChI is InChI=1S/C51H99N3O9/c1-4-7-10-13-16-19-22-25-28-31-40-61-49(58)46(55)43-53-37-34-52(35-38-53)36-39-54(44-47(56)50(59)62-41-32-29-26-23-20-17-14-11-8-5-2)45-48(57)51(60)63-42-33-30-27-24-21-18-15-12-9-6-3/h46-48,55-57H,4-45H2,1-3H3. The van der Waals surface area contributed by atoms with Gasteiger partial charge in [0.05, 0.1) is 19.8 Å². The third kappa shape index (κ3) is 35.1. The summed E-state index contributed by atoms with van der Waals surface area (Å²) in [6.45, 7) is 11.3. The van der Waals surface area contributed by atoms with Crippen molar-refractivity contribution in [2.45, 2.75) is 232 Å². The van der Waals surface area contributed by atoms with E-state index in [0.29, 0.717) is 45.9 Å². The molecule has 0 aromatic rings. The first kappa shape index (κ1) is 59.2. The van der Waals surface area contributed by atoms with Crippen LogP contribution in [0, 0.1) is 0 Å². The normalized spacial score (nSPS) is 15.1. The lowest BCUT2D eigenvalue weighted by Crippen LogP contribution is -2.52. The minimum absolute atomic E-state index is 0.0763. The van der Waals surface area contributed by atoms with Crippen LogP contribution in [-0.2, 0) is 28.6 Å². The number of hydrogen-bond acceptors (Lipinski definition) is 12. The lowest BCUT2D eigenvalue weighted by molar-refractivity contribution is -0.157. The number of hydrogen-bond donors (Lipinski definition) is 3. The summed E-state index contributed by atoms with van der Waals surface area (Å²) in [5.74, 6) is -1.95. The number of unbranched alkanes of at least 4 members (excludes halogenated alkanes) is 27. The first-order valence-electron chi connectivity index (χ1n) is 26.4. The molecule has 0 amide bonds. The summed E-state index contributed by atoms with van der Waals surface area (Å²) < 4.78 is 16.2. The molecule has 0 radical (unpaired) electrons. The summed E-state index contributed by atoms with van der Waals surface area (Å²) in [7, 11) is 0. The number of carbonyl (C=O) groups is 3. The van der Waals surface area contributed by atoms with E-state index in [0.717, 1.165) is 57.8 Å². The molecule has 1 aliphatic rings. The fourth-order valence-electron chi connectivity index (χ4n) is 8.27. The van der Waals surface area contributed by atoms with Crippen LogP contribution in [0.1, 0.15) is 213 Å². The molecule has 1 rings (SSSR count). The van der Waals surface area contributed by atoms with Crippen molar-refractivity contribution in [2.75, 3.05) is 78.7 Å². The number of aliphatic hydroxyl groups excluding tert-OH is 3. The predicted molar refractivity (Wildman–Crippen MR) is 256 cm³/mol. The Bertz CT molecular complexity index is 1020. The summed E-state index contributed by atoms with van der Waals surface area (Å²) in [5, 5.41) is 32.3. The van der Waals surface area contributed by atoms with Gasteiger partial charge in [-0.05, 0) is 19.3 Å².